The Hall–Kier alpha value is -0.640. The van der Waals surface area contributed by atoms with Crippen molar-refractivity contribution in [3.05, 3.63) is 10.6 Å². The highest BCUT2D eigenvalue weighted by molar-refractivity contribution is 9.12. The van der Waals surface area contributed by atoms with E-state index in [0.717, 1.165) is 0 Å². The van der Waals surface area contributed by atoms with E-state index in [2.05, 4.69) is 15.9 Å². The van der Waals surface area contributed by atoms with Gasteiger partial charge in [-0.25, -0.2) is 0 Å². The topological polar surface area (TPSA) is 37.4 Å². The van der Waals surface area contributed by atoms with E-state index in [1.54, 1.807) is 13.8 Å². The molecule has 4 heteroatoms. The first-order valence-corrected chi connectivity index (χ1v) is 4.08. The molecular weight excluding hydrogens is 210 g/mol. The Morgan fingerprint density at radius 2 is 2.00 bits per heavy atom. The lowest BCUT2D eigenvalue weighted by molar-refractivity contribution is -0.138. The lowest BCUT2D eigenvalue weighted by Crippen LogP contribution is -2.36. The lowest BCUT2D eigenvalue weighted by atomic mass is 10.3. The van der Waals surface area contributed by atoms with Crippen molar-refractivity contribution >= 4 is 27.7 Å². The van der Waals surface area contributed by atoms with Crippen LogP contribution in [0.2, 0.25) is 0 Å². The van der Waals surface area contributed by atoms with Crippen molar-refractivity contribution in [1.29, 1.82) is 0 Å². The molecule has 1 aliphatic heterocycles. The third kappa shape index (κ3) is 1.35. The Labute approximate surface area is 73.2 Å². The Kier molecular flexibility index (Phi) is 2.13. The highest BCUT2D eigenvalue weighted by atomic mass is 79.9. The summed E-state index contributed by atoms with van der Waals surface area (Å²) in [5.41, 5.74) is 0. The zero-order chi connectivity index (χ0) is 8.59. The zero-order valence-corrected chi connectivity index (χ0v) is 7.88. The number of rotatable bonds is 1. The number of amides is 2. The number of halogens is 1. The van der Waals surface area contributed by atoms with Crippen LogP contribution in [0, 0.1) is 0 Å². The van der Waals surface area contributed by atoms with Crippen molar-refractivity contribution in [1.82, 2.24) is 4.90 Å². The molecule has 0 aromatic rings. The Balaban J connectivity index is 2.90. The highest BCUT2D eigenvalue weighted by Gasteiger charge is 2.31. The van der Waals surface area contributed by atoms with Crippen molar-refractivity contribution in [2.24, 2.45) is 0 Å². The molecule has 0 fully saturated rings. The fourth-order valence-electron chi connectivity index (χ4n) is 0.944. The number of nitrogens with zero attached hydrogens (tertiary/aromatic N) is 1. The number of hydrogen-bond acceptors (Lipinski definition) is 2. The van der Waals surface area contributed by atoms with Gasteiger partial charge in [-0.15, -0.1) is 0 Å². The minimum Gasteiger partial charge on any atom is -0.272 e. The molecule has 0 N–H and O–H groups in total. The van der Waals surface area contributed by atoms with Crippen molar-refractivity contribution in [2.45, 2.75) is 19.9 Å². The lowest BCUT2D eigenvalue weighted by Gasteiger charge is -2.17. The van der Waals surface area contributed by atoms with Crippen LogP contribution in [0.5, 0.6) is 0 Å². The summed E-state index contributed by atoms with van der Waals surface area (Å²) in [5, 5.41) is 0. The standard InChI is InChI=1S/C7H8BrNO2/c1-4(2)9-6(10)3-5(8)7(9)11/h3-4H,1-2H3. The monoisotopic (exact) mass is 217 g/mol. The maximum absolute atomic E-state index is 11.1. The Bertz CT molecular complexity index is 245. The van der Waals surface area contributed by atoms with Crippen LogP contribution in [0.3, 0.4) is 0 Å². The van der Waals surface area contributed by atoms with E-state index in [9.17, 15) is 9.59 Å². The second-order valence-electron chi connectivity index (χ2n) is 2.60. The van der Waals surface area contributed by atoms with Gasteiger partial charge in [-0.3, -0.25) is 14.5 Å². The normalized spacial score (nSPS) is 18.2. The maximum atomic E-state index is 11.1. The van der Waals surface area contributed by atoms with Gasteiger partial charge in [0.15, 0.2) is 0 Å². The molecule has 1 aliphatic rings. The molecule has 0 spiro atoms. The summed E-state index contributed by atoms with van der Waals surface area (Å²) in [7, 11) is 0. The summed E-state index contributed by atoms with van der Waals surface area (Å²) in [5.74, 6) is -0.484. The molecule has 0 bridgehead atoms. The van der Waals surface area contributed by atoms with Gasteiger partial charge in [0.05, 0.1) is 4.48 Å². The van der Waals surface area contributed by atoms with E-state index in [1.807, 2.05) is 0 Å². The van der Waals surface area contributed by atoms with E-state index in [1.165, 1.54) is 11.0 Å². The molecule has 2 amide bonds. The van der Waals surface area contributed by atoms with Crippen LogP contribution < -0.4 is 0 Å². The molecule has 0 aromatic heterocycles. The molecule has 0 aliphatic carbocycles. The second kappa shape index (κ2) is 2.77. The molecule has 11 heavy (non-hydrogen) atoms. The minimum atomic E-state index is -0.245. The van der Waals surface area contributed by atoms with E-state index >= 15 is 0 Å². The third-order valence-corrected chi connectivity index (χ3v) is 2.00. The molecular formula is C7H8BrNO2. The Morgan fingerprint density at radius 3 is 2.18 bits per heavy atom. The fourth-order valence-corrected chi connectivity index (χ4v) is 1.33. The molecule has 0 saturated heterocycles. The van der Waals surface area contributed by atoms with Gasteiger partial charge in [0, 0.05) is 12.1 Å². The van der Waals surface area contributed by atoms with E-state index in [-0.39, 0.29) is 17.9 Å². The summed E-state index contributed by atoms with van der Waals surface area (Å²) in [6, 6.07) is -0.0682. The van der Waals surface area contributed by atoms with E-state index in [0.29, 0.717) is 4.48 Å². The first-order valence-electron chi connectivity index (χ1n) is 3.28. The predicted octanol–water partition coefficient (Wildman–Crippen LogP) is 1.04. The number of imide groups is 1. The molecule has 0 unspecified atom stereocenters. The van der Waals surface area contributed by atoms with Crippen molar-refractivity contribution < 1.29 is 9.59 Å². The first kappa shape index (κ1) is 8.46. The minimum absolute atomic E-state index is 0.0682. The number of hydrogen-bond donors (Lipinski definition) is 0. The summed E-state index contributed by atoms with van der Waals surface area (Å²) >= 11 is 3.00. The van der Waals surface area contributed by atoms with Crippen molar-refractivity contribution in [3.8, 4) is 0 Å². The number of carbonyl (C=O) groups is 2. The third-order valence-electron chi connectivity index (χ3n) is 1.43. The molecule has 60 valence electrons. The fraction of sp³-hybridized carbons (Fsp3) is 0.429. The van der Waals surface area contributed by atoms with E-state index in [4.69, 9.17) is 0 Å². The summed E-state index contributed by atoms with van der Waals surface area (Å²) < 4.78 is 0.344. The summed E-state index contributed by atoms with van der Waals surface area (Å²) in [6.45, 7) is 3.60. The molecule has 3 nitrogen and oxygen atoms in total. The van der Waals surface area contributed by atoms with Crippen LogP contribution in [0.1, 0.15) is 13.8 Å². The molecule has 0 aromatic carbocycles. The van der Waals surface area contributed by atoms with Gasteiger partial charge in [-0.2, -0.15) is 0 Å². The van der Waals surface area contributed by atoms with Crippen molar-refractivity contribution in [3.63, 3.8) is 0 Å². The van der Waals surface area contributed by atoms with Crippen LogP contribution in [-0.4, -0.2) is 22.8 Å². The van der Waals surface area contributed by atoms with Gasteiger partial charge < -0.3 is 0 Å². The quantitative estimate of drug-likeness (QED) is 0.616. The van der Waals surface area contributed by atoms with Crippen LogP contribution in [0.25, 0.3) is 0 Å². The first-order chi connectivity index (χ1) is 5.04. The highest BCUT2D eigenvalue weighted by Crippen LogP contribution is 2.19. The molecule has 1 rings (SSSR count). The summed E-state index contributed by atoms with van der Waals surface area (Å²) in [6.07, 6.45) is 1.29. The van der Waals surface area contributed by atoms with E-state index < -0.39 is 0 Å². The van der Waals surface area contributed by atoms with Crippen LogP contribution in [-0.2, 0) is 9.59 Å². The average molecular weight is 218 g/mol. The SMILES string of the molecule is CC(C)N1C(=O)C=C(Br)C1=O. The maximum Gasteiger partial charge on any atom is 0.268 e. The number of carbonyl (C=O) groups excluding carboxylic acids is 2. The molecule has 0 saturated carbocycles. The van der Waals surface area contributed by atoms with Crippen LogP contribution >= 0.6 is 15.9 Å². The molecule has 1 heterocycles. The van der Waals surface area contributed by atoms with Crippen LogP contribution in [0.15, 0.2) is 10.6 Å². The van der Waals surface area contributed by atoms with Gasteiger partial charge in [-0.1, -0.05) is 0 Å². The predicted molar refractivity (Wildman–Crippen MR) is 44.0 cm³/mol. The molecule has 0 radical (unpaired) electrons. The largest absolute Gasteiger partial charge is 0.272 e. The average Bonchev–Trinajstić information content (AvgIpc) is 2.07. The van der Waals surface area contributed by atoms with Gasteiger partial charge >= 0.3 is 0 Å². The van der Waals surface area contributed by atoms with Gasteiger partial charge in [0.25, 0.3) is 11.8 Å². The second-order valence-corrected chi connectivity index (χ2v) is 3.45. The van der Waals surface area contributed by atoms with Crippen molar-refractivity contribution in [2.75, 3.05) is 0 Å². The Morgan fingerprint density at radius 1 is 1.45 bits per heavy atom. The zero-order valence-electron chi connectivity index (χ0n) is 6.30. The van der Waals surface area contributed by atoms with Gasteiger partial charge in [0.1, 0.15) is 0 Å². The summed E-state index contributed by atoms with van der Waals surface area (Å²) in [4.78, 5) is 23.4. The molecule has 0 atom stereocenters. The van der Waals surface area contributed by atoms with Gasteiger partial charge in [-0.05, 0) is 29.8 Å². The smallest absolute Gasteiger partial charge is 0.268 e. The van der Waals surface area contributed by atoms with Gasteiger partial charge in [0.2, 0.25) is 0 Å². The van der Waals surface area contributed by atoms with Crippen LogP contribution in [0.4, 0.5) is 0 Å².